The number of anilines is 2. The number of hydrogen-bond donors (Lipinski definition) is 1. The van der Waals surface area contributed by atoms with E-state index < -0.39 is 22.6 Å². The van der Waals surface area contributed by atoms with E-state index in [4.69, 9.17) is 14.2 Å². The molecular weight excluding hydrogens is 594 g/mol. The molecule has 3 aromatic carbocycles. The Labute approximate surface area is 267 Å². The highest BCUT2D eigenvalue weighted by Gasteiger charge is 2.35. The van der Waals surface area contributed by atoms with Gasteiger partial charge in [-0.3, -0.25) is 9.59 Å². The van der Waals surface area contributed by atoms with Gasteiger partial charge in [0.25, 0.3) is 5.91 Å². The Kier molecular flexibility index (Phi) is 10.6. The van der Waals surface area contributed by atoms with Crippen LogP contribution < -0.4 is 14.8 Å². The number of benzene rings is 3. The van der Waals surface area contributed by atoms with E-state index in [1.54, 1.807) is 75.2 Å². The number of carbonyl (C=O) groups excluding carboxylic acids is 2. The number of aromatic nitrogens is 2. The summed E-state index contributed by atoms with van der Waals surface area (Å²) in [4.78, 5) is 36.7. The molecule has 0 fully saturated rings. The lowest BCUT2D eigenvalue weighted by molar-refractivity contribution is -0.148. The van der Waals surface area contributed by atoms with Crippen LogP contribution in [0.25, 0.3) is 11.4 Å². The van der Waals surface area contributed by atoms with Gasteiger partial charge in [0, 0.05) is 17.3 Å². The summed E-state index contributed by atoms with van der Waals surface area (Å²) in [7, 11) is 3.08. The number of methoxy groups -OCH3 is 2. The minimum Gasteiger partial charge on any atom is -0.497 e. The molecule has 0 unspecified atom stereocenters. The molecule has 0 radical (unpaired) electrons. The van der Waals surface area contributed by atoms with Gasteiger partial charge in [-0.15, -0.1) is 0 Å². The SMILES string of the molecule is CC.CCOC(=O)C(C)(C)c1ccc(Nc2nc(-c3c(F)cccc3F)nc3c2C(=O)N(Cc2ccc(OC)cc2OC)C3)cc1. The van der Waals surface area contributed by atoms with Crippen LogP contribution in [0.1, 0.15) is 61.8 Å². The highest BCUT2D eigenvalue weighted by molar-refractivity contribution is 6.03. The number of nitrogens with zero attached hydrogens (tertiary/aromatic N) is 3. The first kappa shape index (κ1) is 33.8. The number of esters is 1. The molecule has 0 atom stereocenters. The Balaban J connectivity index is 0.00000235. The third kappa shape index (κ3) is 6.78. The normalized spacial score (nSPS) is 12.2. The summed E-state index contributed by atoms with van der Waals surface area (Å²) in [6, 6.07) is 15.8. The summed E-state index contributed by atoms with van der Waals surface area (Å²) < 4.78 is 45.7. The molecule has 1 amide bonds. The molecule has 0 bridgehead atoms. The summed E-state index contributed by atoms with van der Waals surface area (Å²) in [5, 5.41) is 3.14. The summed E-state index contributed by atoms with van der Waals surface area (Å²) >= 11 is 0. The first-order valence-corrected chi connectivity index (χ1v) is 15.0. The van der Waals surface area contributed by atoms with E-state index in [2.05, 4.69) is 15.3 Å². The van der Waals surface area contributed by atoms with Crippen molar-refractivity contribution >= 4 is 23.4 Å². The average molecular weight is 633 g/mol. The van der Waals surface area contributed by atoms with E-state index in [1.807, 2.05) is 13.8 Å². The van der Waals surface area contributed by atoms with Gasteiger partial charge in [-0.25, -0.2) is 18.7 Å². The van der Waals surface area contributed by atoms with E-state index in [0.717, 1.165) is 23.3 Å². The first-order valence-electron chi connectivity index (χ1n) is 15.0. The predicted molar refractivity (Wildman–Crippen MR) is 171 cm³/mol. The van der Waals surface area contributed by atoms with E-state index in [1.165, 1.54) is 13.2 Å². The van der Waals surface area contributed by atoms with Crippen LogP contribution in [0.5, 0.6) is 11.5 Å². The fraction of sp³-hybridized carbons (Fsp3) is 0.314. The molecule has 9 nitrogen and oxygen atoms in total. The van der Waals surface area contributed by atoms with Gasteiger partial charge in [-0.05, 0) is 62.7 Å². The maximum absolute atomic E-state index is 14.8. The molecule has 1 N–H and O–H groups in total. The maximum Gasteiger partial charge on any atom is 0.315 e. The first-order chi connectivity index (χ1) is 22.1. The zero-order valence-electron chi connectivity index (χ0n) is 27.0. The van der Waals surface area contributed by atoms with Crippen LogP contribution in [0, 0.1) is 11.6 Å². The second-order valence-electron chi connectivity index (χ2n) is 10.7. The molecule has 4 aromatic rings. The Hall–Kier alpha value is -5.06. The molecule has 0 saturated heterocycles. The van der Waals surface area contributed by atoms with Gasteiger partial charge < -0.3 is 24.4 Å². The number of halogens is 2. The molecule has 1 aromatic heterocycles. The van der Waals surface area contributed by atoms with Crippen molar-refractivity contribution in [2.75, 3.05) is 26.1 Å². The number of ether oxygens (including phenoxy) is 3. The van der Waals surface area contributed by atoms with Crippen molar-refractivity contribution in [1.82, 2.24) is 14.9 Å². The zero-order chi connectivity index (χ0) is 33.6. The summed E-state index contributed by atoms with van der Waals surface area (Å²) in [5.41, 5.74) is 1.21. The number of carbonyl (C=O) groups is 2. The van der Waals surface area contributed by atoms with Crippen LogP contribution >= 0.6 is 0 Å². The standard InChI is InChI=1S/C33H32F2N4O5.C2H6/c1-6-44-32(41)33(2,3)20-11-13-21(14-12-20)36-30-28-25(37-29(38-30)27-23(34)8-7-9-24(27)35)18-39(31(28)40)17-19-10-15-22(42-4)16-26(19)43-5;1-2/h7-16H,6,17-18H2,1-5H3,(H,36,37,38);1-2H3. The lowest BCUT2D eigenvalue weighted by Crippen LogP contribution is -2.31. The molecular formula is C35H38F2N4O5. The topological polar surface area (TPSA) is 103 Å². The van der Waals surface area contributed by atoms with Gasteiger partial charge in [-0.1, -0.05) is 32.0 Å². The average Bonchev–Trinajstić information content (AvgIpc) is 3.37. The van der Waals surface area contributed by atoms with Crippen molar-refractivity contribution in [3.63, 3.8) is 0 Å². The Morgan fingerprint density at radius 2 is 1.63 bits per heavy atom. The van der Waals surface area contributed by atoms with Crippen molar-refractivity contribution in [2.24, 2.45) is 0 Å². The van der Waals surface area contributed by atoms with Crippen molar-refractivity contribution in [3.05, 3.63) is 94.7 Å². The minimum atomic E-state index is -0.890. The smallest absolute Gasteiger partial charge is 0.315 e. The third-order valence-corrected chi connectivity index (χ3v) is 7.52. The van der Waals surface area contributed by atoms with E-state index in [9.17, 15) is 18.4 Å². The van der Waals surface area contributed by atoms with E-state index in [0.29, 0.717) is 22.9 Å². The Bertz CT molecular complexity index is 1710. The van der Waals surface area contributed by atoms with Crippen LogP contribution in [0.15, 0.2) is 60.7 Å². The highest BCUT2D eigenvalue weighted by Crippen LogP contribution is 2.36. The second kappa shape index (κ2) is 14.4. The van der Waals surface area contributed by atoms with Crippen molar-refractivity contribution in [2.45, 2.75) is 53.1 Å². The van der Waals surface area contributed by atoms with Gasteiger partial charge in [0.1, 0.15) is 34.5 Å². The fourth-order valence-electron chi connectivity index (χ4n) is 5.02. The zero-order valence-corrected chi connectivity index (χ0v) is 27.0. The van der Waals surface area contributed by atoms with Crippen LogP contribution in [0.2, 0.25) is 0 Å². The van der Waals surface area contributed by atoms with Crippen LogP contribution in [0.4, 0.5) is 20.3 Å². The maximum atomic E-state index is 14.8. The molecule has 5 rings (SSSR count). The van der Waals surface area contributed by atoms with Gasteiger partial charge in [0.15, 0.2) is 5.82 Å². The van der Waals surface area contributed by atoms with Crippen molar-refractivity contribution in [1.29, 1.82) is 0 Å². The lowest BCUT2D eigenvalue weighted by Gasteiger charge is -2.23. The largest absolute Gasteiger partial charge is 0.497 e. The van der Waals surface area contributed by atoms with Crippen LogP contribution in [-0.4, -0.2) is 47.6 Å². The molecule has 2 heterocycles. The van der Waals surface area contributed by atoms with Gasteiger partial charge in [0.05, 0.1) is 50.6 Å². The molecule has 1 aliphatic rings. The molecule has 0 saturated carbocycles. The van der Waals surface area contributed by atoms with Crippen molar-refractivity contribution in [3.8, 4) is 22.9 Å². The number of fused-ring (bicyclic) bond motifs is 1. The monoisotopic (exact) mass is 632 g/mol. The van der Waals surface area contributed by atoms with Gasteiger partial charge in [0.2, 0.25) is 0 Å². The quantitative estimate of drug-likeness (QED) is 0.183. The fourth-order valence-corrected chi connectivity index (χ4v) is 5.02. The number of amides is 1. The van der Waals surface area contributed by atoms with Crippen LogP contribution in [-0.2, 0) is 28.0 Å². The summed E-state index contributed by atoms with van der Waals surface area (Å²) in [6.07, 6.45) is 0. The van der Waals surface area contributed by atoms with Gasteiger partial charge in [-0.2, -0.15) is 0 Å². The second-order valence-corrected chi connectivity index (χ2v) is 10.7. The minimum absolute atomic E-state index is 0.0797. The van der Waals surface area contributed by atoms with E-state index >= 15 is 0 Å². The molecule has 242 valence electrons. The number of hydrogen-bond acceptors (Lipinski definition) is 8. The van der Waals surface area contributed by atoms with Gasteiger partial charge >= 0.3 is 5.97 Å². The predicted octanol–water partition coefficient (Wildman–Crippen LogP) is 7.21. The summed E-state index contributed by atoms with van der Waals surface area (Å²) in [5.74, 6) is -1.33. The lowest BCUT2D eigenvalue weighted by atomic mass is 9.84. The summed E-state index contributed by atoms with van der Waals surface area (Å²) in [6.45, 7) is 9.82. The Morgan fingerprint density at radius 1 is 0.957 bits per heavy atom. The molecule has 46 heavy (non-hydrogen) atoms. The number of rotatable bonds is 10. The van der Waals surface area contributed by atoms with Crippen molar-refractivity contribution < 1.29 is 32.6 Å². The molecule has 0 spiro atoms. The molecule has 11 heteroatoms. The van der Waals surface area contributed by atoms with E-state index in [-0.39, 0.29) is 48.8 Å². The third-order valence-electron chi connectivity index (χ3n) is 7.52. The molecule has 0 aliphatic carbocycles. The molecule has 1 aliphatic heterocycles. The Morgan fingerprint density at radius 3 is 2.24 bits per heavy atom. The highest BCUT2D eigenvalue weighted by atomic mass is 19.1. The van der Waals surface area contributed by atoms with Crippen LogP contribution in [0.3, 0.4) is 0 Å². The number of nitrogens with one attached hydrogen (secondary N) is 1.